The molecule has 2 aliphatic heterocycles. The van der Waals surface area contributed by atoms with Crippen LogP contribution in [0.25, 0.3) is 0 Å². The van der Waals surface area contributed by atoms with Crippen molar-refractivity contribution in [1.82, 2.24) is 9.80 Å². The topological polar surface area (TPSA) is 101 Å². The van der Waals surface area contributed by atoms with Crippen molar-refractivity contribution in [2.75, 3.05) is 24.6 Å². The summed E-state index contributed by atoms with van der Waals surface area (Å²) in [5, 5.41) is 0. The van der Waals surface area contributed by atoms with Gasteiger partial charge in [-0.3, -0.25) is 9.59 Å². The van der Waals surface area contributed by atoms with Crippen LogP contribution in [-0.2, 0) is 25.8 Å². The van der Waals surface area contributed by atoms with E-state index in [-0.39, 0.29) is 48.1 Å². The first-order valence-electron chi connectivity index (χ1n) is 12.1. The summed E-state index contributed by atoms with van der Waals surface area (Å²) >= 11 is 0. The molecular formula is C24H34F3N3O4S. The molecule has 1 aromatic carbocycles. The zero-order chi connectivity index (χ0) is 25.9. The molecule has 2 N–H and O–H groups in total. The van der Waals surface area contributed by atoms with Gasteiger partial charge in [0, 0.05) is 43.7 Å². The van der Waals surface area contributed by atoms with Crippen LogP contribution in [0.1, 0.15) is 51.5 Å². The fourth-order valence-electron chi connectivity index (χ4n) is 5.42. The summed E-state index contributed by atoms with van der Waals surface area (Å²) in [7, 11) is -3.72. The Hall–Kier alpha value is -2.14. The van der Waals surface area contributed by atoms with Crippen molar-refractivity contribution >= 4 is 21.7 Å². The molecule has 0 spiro atoms. The first-order valence-corrected chi connectivity index (χ1v) is 14.0. The van der Waals surface area contributed by atoms with Crippen molar-refractivity contribution in [2.24, 2.45) is 11.7 Å². The molecule has 0 aromatic heterocycles. The number of hydrogen-bond acceptors (Lipinski definition) is 5. The van der Waals surface area contributed by atoms with E-state index in [9.17, 15) is 31.2 Å². The van der Waals surface area contributed by atoms with Gasteiger partial charge in [-0.25, -0.2) is 21.6 Å². The predicted octanol–water partition coefficient (Wildman–Crippen LogP) is 2.42. The minimum absolute atomic E-state index is 0.0201. The molecule has 4 atom stereocenters. The second-order valence-corrected chi connectivity index (χ2v) is 11.7. The molecular weight excluding hydrogens is 483 g/mol. The van der Waals surface area contributed by atoms with E-state index in [1.807, 2.05) is 0 Å². The monoisotopic (exact) mass is 517 g/mol. The Morgan fingerprint density at radius 2 is 1.63 bits per heavy atom. The largest absolute Gasteiger partial charge is 0.342 e. The number of carbonyl (C=O) groups is 2. The molecule has 11 heteroatoms. The Kier molecular flexibility index (Phi) is 8.85. The fraction of sp³-hybridized carbons (Fsp3) is 0.667. The van der Waals surface area contributed by atoms with E-state index >= 15 is 0 Å². The van der Waals surface area contributed by atoms with E-state index in [1.54, 1.807) is 18.7 Å². The van der Waals surface area contributed by atoms with Crippen LogP contribution in [0.5, 0.6) is 0 Å². The number of fused-ring (bicyclic) bond motifs is 2. The lowest BCUT2D eigenvalue weighted by molar-refractivity contribution is -0.136. The molecule has 0 radical (unpaired) electrons. The van der Waals surface area contributed by atoms with E-state index in [1.165, 1.54) is 4.90 Å². The van der Waals surface area contributed by atoms with Crippen LogP contribution >= 0.6 is 0 Å². The first kappa shape index (κ1) is 27.4. The Bertz CT molecular complexity index is 1030. The number of carbonyl (C=O) groups excluding carboxylic acids is 2. The molecule has 2 saturated heterocycles. The van der Waals surface area contributed by atoms with Crippen LogP contribution < -0.4 is 5.73 Å². The van der Waals surface area contributed by atoms with Crippen molar-refractivity contribution in [2.45, 2.75) is 70.5 Å². The van der Waals surface area contributed by atoms with E-state index in [0.29, 0.717) is 32.0 Å². The number of rotatable bonds is 10. The molecule has 35 heavy (non-hydrogen) atoms. The number of piperidine rings is 1. The minimum Gasteiger partial charge on any atom is -0.342 e. The normalized spacial score (nSPS) is 22.8. The van der Waals surface area contributed by atoms with Gasteiger partial charge in [-0.15, -0.1) is 0 Å². The highest BCUT2D eigenvalue weighted by Gasteiger charge is 2.44. The third-order valence-corrected chi connectivity index (χ3v) is 8.81. The molecule has 0 aliphatic carbocycles. The summed E-state index contributed by atoms with van der Waals surface area (Å²) in [6, 6.07) is 0.690. The average Bonchev–Trinajstić information content (AvgIpc) is 3.05. The Labute approximate surface area is 204 Å². The number of sulfone groups is 1. The third-order valence-electron chi connectivity index (χ3n) is 7.29. The number of amides is 2. The number of halogens is 3. The highest BCUT2D eigenvalue weighted by Crippen LogP contribution is 2.40. The van der Waals surface area contributed by atoms with E-state index in [0.717, 1.165) is 18.9 Å². The van der Waals surface area contributed by atoms with Gasteiger partial charge in [-0.1, -0.05) is 0 Å². The van der Waals surface area contributed by atoms with Crippen LogP contribution in [0.15, 0.2) is 12.1 Å². The highest BCUT2D eigenvalue weighted by atomic mass is 32.2. The standard InChI is InChI=1S/C24H34F3N3O4S/c1-3-29(4-2)24(32)14-35(33,34)8-7-23(31)30-17-5-6-18(30)10-16(9-17)22(28)12-15-11-20(26)21(27)13-19(15)25/h11,13,16-18,22H,3-10,12,14,28H2,1-2H3/t16-,17-,18+,22-/m1/s1. The molecule has 2 amide bonds. The van der Waals surface area contributed by atoms with Gasteiger partial charge in [-0.05, 0) is 63.5 Å². The van der Waals surface area contributed by atoms with Gasteiger partial charge in [0.25, 0.3) is 0 Å². The number of hydrogen-bond donors (Lipinski definition) is 1. The number of nitrogens with zero attached hydrogens (tertiary/aromatic N) is 2. The van der Waals surface area contributed by atoms with Crippen molar-refractivity contribution < 1.29 is 31.2 Å². The molecule has 2 aliphatic rings. The lowest BCUT2D eigenvalue weighted by Crippen LogP contribution is -2.50. The molecule has 2 heterocycles. The summed E-state index contributed by atoms with van der Waals surface area (Å²) in [6.07, 6.45) is 2.58. The van der Waals surface area contributed by atoms with E-state index in [4.69, 9.17) is 5.73 Å². The van der Waals surface area contributed by atoms with Crippen LogP contribution in [0.2, 0.25) is 0 Å². The summed E-state index contributed by atoms with van der Waals surface area (Å²) < 4.78 is 65.6. The van der Waals surface area contributed by atoms with Crippen LogP contribution in [-0.4, -0.2) is 72.8 Å². The maximum absolute atomic E-state index is 14.0. The average molecular weight is 518 g/mol. The Morgan fingerprint density at radius 1 is 1.06 bits per heavy atom. The zero-order valence-electron chi connectivity index (χ0n) is 20.2. The van der Waals surface area contributed by atoms with Crippen molar-refractivity contribution in [3.05, 3.63) is 35.1 Å². The van der Waals surface area contributed by atoms with E-state index in [2.05, 4.69) is 0 Å². The van der Waals surface area contributed by atoms with Gasteiger partial charge in [0.1, 0.15) is 11.6 Å². The summed E-state index contributed by atoms with van der Waals surface area (Å²) in [6.45, 7) is 4.40. The zero-order valence-corrected chi connectivity index (χ0v) is 21.0. The third kappa shape index (κ3) is 6.55. The lowest BCUT2D eigenvalue weighted by atomic mass is 9.82. The second-order valence-electron chi connectivity index (χ2n) is 9.55. The number of nitrogens with two attached hydrogens (primary N) is 1. The quantitative estimate of drug-likeness (QED) is 0.481. The van der Waals surface area contributed by atoms with Crippen LogP contribution in [0.3, 0.4) is 0 Å². The fourth-order valence-corrected chi connectivity index (χ4v) is 6.61. The minimum atomic E-state index is -3.72. The molecule has 7 nitrogen and oxygen atoms in total. The van der Waals surface area contributed by atoms with Crippen LogP contribution in [0, 0.1) is 23.4 Å². The van der Waals surface area contributed by atoms with Crippen molar-refractivity contribution in [1.29, 1.82) is 0 Å². The number of benzene rings is 1. The SMILES string of the molecule is CCN(CC)C(=O)CS(=O)(=O)CCC(=O)N1[C@@H]2CC[C@H]1C[C@H]([C@H](N)Cc1cc(F)c(F)cc1F)C2. The molecule has 3 rings (SSSR count). The maximum atomic E-state index is 14.0. The predicted molar refractivity (Wildman–Crippen MR) is 126 cm³/mol. The summed E-state index contributed by atoms with van der Waals surface area (Å²) in [5.41, 5.74) is 6.34. The second kappa shape index (κ2) is 11.3. The van der Waals surface area contributed by atoms with Gasteiger partial charge < -0.3 is 15.5 Å². The summed E-state index contributed by atoms with van der Waals surface area (Å²) in [5.74, 6) is -4.94. The Morgan fingerprint density at radius 3 is 2.20 bits per heavy atom. The first-order chi connectivity index (χ1) is 16.5. The summed E-state index contributed by atoms with van der Waals surface area (Å²) in [4.78, 5) is 28.3. The lowest BCUT2D eigenvalue weighted by Gasteiger charge is -2.41. The molecule has 1 aromatic rings. The highest BCUT2D eigenvalue weighted by molar-refractivity contribution is 7.92. The molecule has 0 unspecified atom stereocenters. The maximum Gasteiger partial charge on any atom is 0.237 e. The van der Waals surface area contributed by atoms with Gasteiger partial charge in [0.15, 0.2) is 21.5 Å². The molecule has 0 saturated carbocycles. The van der Waals surface area contributed by atoms with Gasteiger partial charge in [0.2, 0.25) is 11.8 Å². The van der Waals surface area contributed by atoms with Gasteiger partial charge in [0.05, 0.1) is 5.75 Å². The van der Waals surface area contributed by atoms with Crippen LogP contribution in [0.4, 0.5) is 13.2 Å². The van der Waals surface area contributed by atoms with Crippen molar-refractivity contribution in [3.8, 4) is 0 Å². The van der Waals surface area contributed by atoms with Crippen molar-refractivity contribution in [3.63, 3.8) is 0 Å². The molecule has 196 valence electrons. The molecule has 2 fully saturated rings. The Balaban J connectivity index is 1.56. The molecule has 2 bridgehead atoms. The van der Waals surface area contributed by atoms with Gasteiger partial charge >= 0.3 is 0 Å². The smallest absolute Gasteiger partial charge is 0.237 e. The van der Waals surface area contributed by atoms with Gasteiger partial charge in [-0.2, -0.15) is 0 Å². The van der Waals surface area contributed by atoms with E-state index < -0.39 is 45.0 Å².